The van der Waals surface area contributed by atoms with Crippen molar-refractivity contribution in [2.45, 2.75) is 26.8 Å². The topological polar surface area (TPSA) is 43.6 Å². The van der Waals surface area contributed by atoms with Crippen LogP contribution >= 0.6 is 67.8 Å². The van der Waals surface area contributed by atoms with Crippen molar-refractivity contribution in [2.75, 3.05) is 0 Å². The van der Waals surface area contributed by atoms with Crippen LogP contribution in [0.3, 0.4) is 0 Å². The van der Waals surface area contributed by atoms with E-state index >= 15 is 0 Å². The molecule has 1 rings (SSSR count). The molecule has 0 radical (unpaired) electrons. The first kappa shape index (κ1) is 14.1. The second-order valence-corrected chi connectivity index (χ2v) is 9.02. The lowest BCUT2D eigenvalue weighted by molar-refractivity contribution is 0.571. The molecule has 7 heteroatoms. The fraction of sp³-hybridized carbons (Fsp3) is 0.625. The maximum Gasteiger partial charge on any atom is 0.175 e. The van der Waals surface area contributed by atoms with Crippen molar-refractivity contribution in [3.8, 4) is 0 Å². The van der Waals surface area contributed by atoms with E-state index in [-0.39, 0.29) is 0 Å². The van der Waals surface area contributed by atoms with Crippen molar-refractivity contribution >= 4 is 67.8 Å². The summed E-state index contributed by atoms with van der Waals surface area (Å²) >= 11 is 6.89. The highest BCUT2D eigenvalue weighted by molar-refractivity contribution is 14.2. The fourth-order valence-corrected chi connectivity index (χ4v) is 1.62. The quantitative estimate of drug-likeness (QED) is 0.547. The summed E-state index contributed by atoms with van der Waals surface area (Å²) < 4.78 is 2.48. The Kier molecular flexibility index (Phi) is 6.25. The molecule has 1 aromatic rings. The second-order valence-electron chi connectivity index (χ2n) is 3.50. The third-order valence-electron chi connectivity index (χ3n) is 1.57. The standard InChI is InChI=1S/C8H11I3N4/c1-5(2)3-7-12-14-15(13-7)4-6(9)8(10)11/h5H,3-4H2,1-2H3. The van der Waals surface area contributed by atoms with Crippen LogP contribution in [0.1, 0.15) is 19.7 Å². The molecule has 0 saturated carbocycles. The van der Waals surface area contributed by atoms with E-state index in [1.165, 1.54) is 5.17 Å². The number of allylic oxidation sites excluding steroid dienone is 1. The molecule has 0 spiro atoms. The molecule has 4 nitrogen and oxygen atoms in total. The number of hydrogen-bond donors (Lipinski definition) is 0. The number of tetrazole rings is 1. The van der Waals surface area contributed by atoms with Gasteiger partial charge in [0.15, 0.2) is 5.82 Å². The van der Waals surface area contributed by atoms with Gasteiger partial charge in [0.2, 0.25) is 0 Å². The van der Waals surface area contributed by atoms with E-state index in [2.05, 4.69) is 97.0 Å². The van der Waals surface area contributed by atoms with Gasteiger partial charge in [0.05, 0.1) is 8.13 Å². The summed E-state index contributed by atoms with van der Waals surface area (Å²) in [5.41, 5.74) is 0. The van der Waals surface area contributed by atoms with Gasteiger partial charge in [0, 0.05) is 10.0 Å². The Morgan fingerprint density at radius 1 is 1.33 bits per heavy atom. The van der Waals surface area contributed by atoms with Crippen LogP contribution in [0.5, 0.6) is 0 Å². The molecule has 1 aromatic heterocycles. The Morgan fingerprint density at radius 2 is 2.00 bits per heavy atom. The van der Waals surface area contributed by atoms with Gasteiger partial charge in [0.1, 0.15) is 0 Å². The van der Waals surface area contributed by atoms with E-state index in [1.807, 2.05) is 0 Å². The number of rotatable bonds is 4. The Balaban J connectivity index is 2.65. The zero-order chi connectivity index (χ0) is 11.4. The zero-order valence-corrected chi connectivity index (χ0v) is 14.9. The molecule has 0 aliphatic carbocycles. The fourth-order valence-electron chi connectivity index (χ4n) is 0.974. The summed E-state index contributed by atoms with van der Waals surface area (Å²) in [6.07, 6.45) is 0.890. The molecule has 1 heterocycles. The molecule has 0 amide bonds. The van der Waals surface area contributed by atoms with Gasteiger partial charge in [-0.05, 0) is 78.9 Å². The van der Waals surface area contributed by atoms with Crippen molar-refractivity contribution in [2.24, 2.45) is 5.92 Å². The maximum absolute atomic E-state index is 4.32. The molecule has 0 aliphatic heterocycles. The van der Waals surface area contributed by atoms with Gasteiger partial charge in [-0.25, -0.2) is 0 Å². The maximum atomic E-state index is 4.32. The average Bonchev–Trinajstić information content (AvgIpc) is 2.51. The minimum absolute atomic E-state index is 0.571. The molecule has 0 atom stereocenters. The van der Waals surface area contributed by atoms with E-state index in [0.29, 0.717) is 12.5 Å². The number of halogens is 3. The molecule has 15 heavy (non-hydrogen) atoms. The van der Waals surface area contributed by atoms with Crippen LogP contribution in [0.2, 0.25) is 0 Å². The molecule has 0 aliphatic rings. The Morgan fingerprint density at radius 3 is 2.53 bits per heavy atom. The largest absolute Gasteiger partial charge is 0.175 e. The molecule has 0 saturated heterocycles. The van der Waals surface area contributed by atoms with Crippen molar-refractivity contribution in [3.05, 3.63) is 11.0 Å². The van der Waals surface area contributed by atoms with Crippen LogP contribution in [0.15, 0.2) is 5.17 Å². The van der Waals surface area contributed by atoms with Crippen molar-refractivity contribution in [1.29, 1.82) is 0 Å². The zero-order valence-electron chi connectivity index (χ0n) is 8.41. The Labute approximate surface area is 130 Å². The predicted molar refractivity (Wildman–Crippen MR) is 85.4 cm³/mol. The Hall–Kier alpha value is 1.00. The first-order valence-electron chi connectivity index (χ1n) is 4.45. The van der Waals surface area contributed by atoms with Crippen molar-refractivity contribution < 1.29 is 0 Å². The molecule has 0 aromatic carbocycles. The van der Waals surface area contributed by atoms with Crippen molar-refractivity contribution in [3.63, 3.8) is 0 Å². The highest BCUT2D eigenvalue weighted by Gasteiger charge is 2.06. The third-order valence-corrected chi connectivity index (χ3v) is 5.82. The number of nitrogens with zero attached hydrogens (tertiary/aromatic N) is 4. The van der Waals surface area contributed by atoms with Crippen LogP contribution in [-0.2, 0) is 13.0 Å². The molecular weight excluding hydrogens is 533 g/mol. The summed E-state index contributed by atoms with van der Waals surface area (Å²) in [7, 11) is 0. The molecule has 0 fully saturated rings. The molecule has 84 valence electrons. The van der Waals surface area contributed by atoms with Gasteiger partial charge in [-0.3, -0.25) is 0 Å². The summed E-state index contributed by atoms with van der Waals surface area (Å²) in [5, 5.41) is 12.4. The van der Waals surface area contributed by atoms with Crippen LogP contribution < -0.4 is 0 Å². The monoisotopic (exact) mass is 544 g/mol. The van der Waals surface area contributed by atoms with Crippen LogP contribution in [0.25, 0.3) is 0 Å². The van der Waals surface area contributed by atoms with Crippen LogP contribution in [-0.4, -0.2) is 20.2 Å². The number of hydrogen-bond acceptors (Lipinski definition) is 3. The summed E-state index contributed by atoms with van der Waals surface area (Å²) in [4.78, 5) is 1.65. The highest BCUT2D eigenvalue weighted by atomic mass is 127. The third kappa shape index (κ3) is 5.24. The van der Waals surface area contributed by atoms with E-state index in [4.69, 9.17) is 0 Å². The second kappa shape index (κ2) is 6.67. The SMILES string of the molecule is CC(C)Cc1nnn(CC(I)=C(I)I)n1. The van der Waals surface area contributed by atoms with Gasteiger partial charge < -0.3 is 0 Å². The number of aromatic nitrogens is 4. The lowest BCUT2D eigenvalue weighted by Gasteiger charge is -1.98. The minimum atomic E-state index is 0.571. The van der Waals surface area contributed by atoms with Crippen LogP contribution in [0.4, 0.5) is 0 Å². The molecule has 0 unspecified atom stereocenters. The Bertz CT molecular complexity index is 355. The van der Waals surface area contributed by atoms with Gasteiger partial charge in [0.25, 0.3) is 0 Å². The summed E-state index contributed by atoms with van der Waals surface area (Å²) in [6.45, 7) is 5.02. The van der Waals surface area contributed by atoms with Gasteiger partial charge >= 0.3 is 0 Å². The lowest BCUT2D eigenvalue weighted by Crippen LogP contribution is -2.03. The van der Waals surface area contributed by atoms with Gasteiger partial charge in [-0.1, -0.05) is 13.8 Å². The first-order chi connectivity index (χ1) is 6.99. The van der Waals surface area contributed by atoms with E-state index in [0.717, 1.165) is 12.2 Å². The highest BCUT2D eigenvalue weighted by Crippen LogP contribution is 2.25. The summed E-state index contributed by atoms with van der Waals surface area (Å²) in [6, 6.07) is 0. The smallest absolute Gasteiger partial charge is 0.159 e. The van der Waals surface area contributed by atoms with Gasteiger partial charge in [-0.15, -0.1) is 10.2 Å². The molecule has 0 bridgehead atoms. The summed E-state index contributed by atoms with van der Waals surface area (Å²) in [5.74, 6) is 1.40. The molecular formula is C8H11I3N4. The first-order valence-corrected chi connectivity index (χ1v) is 7.69. The normalized spacial score (nSPS) is 10.8. The van der Waals surface area contributed by atoms with Crippen LogP contribution in [0, 0.1) is 5.92 Å². The average molecular weight is 544 g/mol. The predicted octanol–water partition coefficient (Wildman–Crippen LogP) is 3.35. The lowest BCUT2D eigenvalue weighted by atomic mass is 10.1. The van der Waals surface area contributed by atoms with Gasteiger partial charge in [-0.2, -0.15) is 4.80 Å². The minimum Gasteiger partial charge on any atom is -0.159 e. The van der Waals surface area contributed by atoms with Crippen molar-refractivity contribution in [1.82, 2.24) is 20.2 Å². The van der Waals surface area contributed by atoms with E-state index in [9.17, 15) is 0 Å². The van der Waals surface area contributed by atoms with E-state index < -0.39 is 0 Å². The molecule has 0 N–H and O–H groups in total. The van der Waals surface area contributed by atoms with E-state index in [1.54, 1.807) is 4.80 Å².